The molecule has 0 bridgehead atoms. The Kier molecular flexibility index (Phi) is 5.45. The summed E-state index contributed by atoms with van der Waals surface area (Å²) in [5.41, 5.74) is 0. The van der Waals surface area contributed by atoms with Crippen LogP contribution < -0.4 is 9.20 Å². The topological polar surface area (TPSA) is 35.5 Å². The van der Waals surface area contributed by atoms with Crippen molar-refractivity contribution in [1.82, 2.24) is 0 Å². The van der Waals surface area contributed by atoms with Gasteiger partial charge in [0.05, 0.1) is 0 Å². The van der Waals surface area contributed by atoms with Crippen LogP contribution in [0.25, 0.3) is 0 Å². The SMILES string of the molecule is C=CCC(C)([Se]c1ccc(OC)cc1)C(=O)OC. The van der Waals surface area contributed by atoms with E-state index in [0.717, 1.165) is 10.2 Å². The van der Waals surface area contributed by atoms with Crippen LogP contribution in [-0.2, 0) is 9.53 Å². The Bertz CT molecular complexity index is 414. The van der Waals surface area contributed by atoms with Gasteiger partial charge < -0.3 is 0 Å². The fraction of sp³-hybridized carbons (Fsp3) is 0.357. The molecule has 0 heterocycles. The number of ether oxygens (including phenoxy) is 2. The fourth-order valence-corrected chi connectivity index (χ4v) is 4.00. The summed E-state index contributed by atoms with van der Waals surface area (Å²) in [6.45, 7) is 5.63. The molecule has 98 valence electrons. The van der Waals surface area contributed by atoms with Gasteiger partial charge in [-0.05, 0) is 0 Å². The van der Waals surface area contributed by atoms with E-state index in [4.69, 9.17) is 9.47 Å². The minimum absolute atomic E-state index is 0.0133. The molecule has 0 radical (unpaired) electrons. The van der Waals surface area contributed by atoms with E-state index in [2.05, 4.69) is 6.58 Å². The number of rotatable bonds is 6. The van der Waals surface area contributed by atoms with Crippen LogP contribution in [0.4, 0.5) is 0 Å². The molecule has 0 aromatic heterocycles. The van der Waals surface area contributed by atoms with Crippen LogP contribution in [0.3, 0.4) is 0 Å². The van der Waals surface area contributed by atoms with Crippen molar-refractivity contribution in [3.05, 3.63) is 36.9 Å². The van der Waals surface area contributed by atoms with Crippen LogP contribution >= 0.6 is 0 Å². The number of benzene rings is 1. The predicted octanol–water partition coefficient (Wildman–Crippen LogP) is 1.95. The number of hydrogen-bond acceptors (Lipinski definition) is 3. The number of carbonyl (C=O) groups is 1. The van der Waals surface area contributed by atoms with E-state index in [0.29, 0.717) is 6.42 Å². The molecule has 0 spiro atoms. The van der Waals surface area contributed by atoms with Crippen molar-refractivity contribution in [3.63, 3.8) is 0 Å². The molecule has 0 fully saturated rings. The monoisotopic (exact) mass is 314 g/mol. The number of carbonyl (C=O) groups excluding carboxylic acids is 1. The van der Waals surface area contributed by atoms with Crippen LogP contribution in [0.15, 0.2) is 36.9 Å². The second-order valence-corrected chi connectivity index (χ2v) is 7.30. The molecule has 0 saturated carbocycles. The van der Waals surface area contributed by atoms with Gasteiger partial charge >= 0.3 is 114 Å². The summed E-state index contributed by atoms with van der Waals surface area (Å²) in [6, 6.07) is 7.79. The van der Waals surface area contributed by atoms with E-state index in [1.807, 2.05) is 31.2 Å². The van der Waals surface area contributed by atoms with E-state index in [9.17, 15) is 4.79 Å². The maximum absolute atomic E-state index is 11.9. The third kappa shape index (κ3) is 3.62. The summed E-state index contributed by atoms with van der Waals surface area (Å²) < 4.78 is 10.6. The number of allylic oxidation sites excluding steroid dienone is 1. The molecule has 0 aliphatic heterocycles. The van der Waals surface area contributed by atoms with Gasteiger partial charge in [-0.1, -0.05) is 0 Å². The van der Waals surface area contributed by atoms with E-state index in [1.165, 1.54) is 7.11 Å². The molecule has 0 N–H and O–H groups in total. The molecular formula is C14H18O3Se. The van der Waals surface area contributed by atoms with Gasteiger partial charge in [0, 0.05) is 0 Å². The first kappa shape index (κ1) is 14.8. The summed E-state index contributed by atoms with van der Waals surface area (Å²) in [6.07, 6.45) is 2.38. The Morgan fingerprint density at radius 3 is 2.44 bits per heavy atom. The van der Waals surface area contributed by atoms with Crippen molar-refractivity contribution in [1.29, 1.82) is 0 Å². The quantitative estimate of drug-likeness (QED) is 0.457. The average molecular weight is 313 g/mol. The summed E-state index contributed by atoms with van der Waals surface area (Å²) in [4.78, 5) is 11.9. The molecule has 0 aliphatic carbocycles. The van der Waals surface area contributed by atoms with Crippen molar-refractivity contribution < 1.29 is 14.3 Å². The van der Waals surface area contributed by atoms with Gasteiger partial charge in [-0.15, -0.1) is 0 Å². The molecule has 3 nitrogen and oxygen atoms in total. The van der Waals surface area contributed by atoms with Crippen molar-refractivity contribution in [2.75, 3.05) is 14.2 Å². The van der Waals surface area contributed by atoms with Gasteiger partial charge in [-0.25, -0.2) is 0 Å². The second-order valence-electron chi connectivity index (χ2n) is 3.99. The molecule has 1 rings (SSSR count). The van der Waals surface area contributed by atoms with Crippen LogP contribution in [0.2, 0.25) is 4.31 Å². The van der Waals surface area contributed by atoms with E-state index in [1.54, 1.807) is 13.2 Å². The van der Waals surface area contributed by atoms with Crippen molar-refractivity contribution >= 4 is 25.4 Å². The van der Waals surface area contributed by atoms with Gasteiger partial charge in [0.2, 0.25) is 0 Å². The Labute approximate surface area is 114 Å². The molecule has 1 atom stereocenters. The zero-order valence-electron chi connectivity index (χ0n) is 10.9. The first-order valence-corrected chi connectivity index (χ1v) is 7.29. The zero-order chi connectivity index (χ0) is 13.6. The van der Waals surface area contributed by atoms with E-state index in [-0.39, 0.29) is 20.9 Å². The Hall–Kier alpha value is -1.25. The van der Waals surface area contributed by atoms with Gasteiger partial charge in [-0.3, -0.25) is 0 Å². The molecule has 18 heavy (non-hydrogen) atoms. The first-order valence-electron chi connectivity index (χ1n) is 5.58. The Morgan fingerprint density at radius 1 is 1.39 bits per heavy atom. The third-order valence-electron chi connectivity index (χ3n) is 2.55. The molecule has 0 saturated heterocycles. The summed E-state index contributed by atoms with van der Waals surface area (Å²) in [5, 5.41) is 0. The van der Waals surface area contributed by atoms with Crippen molar-refractivity contribution in [2.45, 2.75) is 17.7 Å². The van der Waals surface area contributed by atoms with Crippen LogP contribution in [0, 0.1) is 0 Å². The average Bonchev–Trinajstić information content (AvgIpc) is 2.39. The number of hydrogen-bond donors (Lipinski definition) is 0. The summed E-state index contributed by atoms with van der Waals surface area (Å²) in [5.74, 6) is 0.635. The van der Waals surface area contributed by atoms with Crippen molar-refractivity contribution in [2.24, 2.45) is 0 Å². The van der Waals surface area contributed by atoms with Crippen molar-refractivity contribution in [3.8, 4) is 5.75 Å². The zero-order valence-corrected chi connectivity index (χ0v) is 12.6. The van der Waals surface area contributed by atoms with Crippen LogP contribution in [0.5, 0.6) is 5.75 Å². The molecule has 4 heteroatoms. The van der Waals surface area contributed by atoms with Gasteiger partial charge in [0.25, 0.3) is 0 Å². The molecule has 0 aliphatic rings. The van der Waals surface area contributed by atoms with Crippen LogP contribution in [-0.4, -0.2) is 35.1 Å². The summed E-state index contributed by atoms with van der Waals surface area (Å²) >= 11 is -0.0133. The first-order chi connectivity index (χ1) is 8.55. The molecule has 1 aromatic rings. The van der Waals surface area contributed by atoms with Gasteiger partial charge in [-0.2, -0.15) is 0 Å². The molecular weight excluding hydrogens is 295 g/mol. The minimum atomic E-state index is -0.502. The van der Waals surface area contributed by atoms with E-state index >= 15 is 0 Å². The maximum atomic E-state index is 11.9. The molecule has 0 amide bonds. The Morgan fingerprint density at radius 2 is 2.00 bits per heavy atom. The number of methoxy groups -OCH3 is 2. The predicted molar refractivity (Wildman–Crippen MR) is 73.6 cm³/mol. The van der Waals surface area contributed by atoms with E-state index < -0.39 is 4.31 Å². The van der Waals surface area contributed by atoms with Crippen LogP contribution in [0.1, 0.15) is 13.3 Å². The van der Waals surface area contributed by atoms with Gasteiger partial charge in [0.1, 0.15) is 0 Å². The molecule has 1 aromatic carbocycles. The molecule has 1 unspecified atom stereocenters. The third-order valence-corrected chi connectivity index (χ3v) is 5.26. The number of esters is 1. The summed E-state index contributed by atoms with van der Waals surface area (Å²) in [7, 11) is 3.06. The normalized spacial score (nSPS) is 13.5. The Balaban J connectivity index is 2.88. The fourth-order valence-electron chi connectivity index (χ4n) is 1.56. The standard InChI is InChI=1S/C14H18O3Se/c1-5-10-14(2,13(15)17-4)18-12-8-6-11(16-3)7-9-12/h5-9H,1,10H2,2-4H3. The van der Waals surface area contributed by atoms with Gasteiger partial charge in [0.15, 0.2) is 0 Å². The second kappa shape index (κ2) is 6.62.